The van der Waals surface area contributed by atoms with Crippen LogP contribution in [0, 0.1) is 11.7 Å². The molecule has 1 fully saturated rings. The smallest absolute Gasteiger partial charge is 0.123 e. The van der Waals surface area contributed by atoms with E-state index in [2.05, 4.69) is 0 Å². The SMILES string of the molecule is [2H]C1([2H])N(CCc2ccc(F)cc2)C([2H])([2H])C([2H])([2H])C([2H])(CO)C1([2H])[2H]. The Morgan fingerprint density at radius 1 is 1.35 bits per heavy atom. The number of halogens is 1. The molecule has 17 heavy (non-hydrogen) atoms. The predicted octanol–water partition coefficient (Wildman–Crippen LogP) is 2.07. The van der Waals surface area contributed by atoms with Crippen molar-refractivity contribution >= 4 is 0 Å². The van der Waals surface area contributed by atoms with Crippen LogP contribution in [0.1, 0.15) is 30.6 Å². The number of piperidine rings is 1. The largest absolute Gasteiger partial charge is 0.396 e. The highest BCUT2D eigenvalue weighted by atomic mass is 19.1. The average Bonchev–Trinajstić information content (AvgIpc) is 2.53. The number of aliphatic hydroxyl groups excluding tert-OH is 1. The van der Waals surface area contributed by atoms with Crippen molar-refractivity contribution in [1.82, 2.24) is 4.90 Å². The van der Waals surface area contributed by atoms with Crippen molar-refractivity contribution < 1.29 is 21.8 Å². The lowest BCUT2D eigenvalue weighted by Gasteiger charge is -2.30. The van der Waals surface area contributed by atoms with E-state index >= 15 is 0 Å². The highest BCUT2D eigenvalue weighted by Gasteiger charge is 2.17. The van der Waals surface area contributed by atoms with Gasteiger partial charge in [0.1, 0.15) is 5.82 Å². The molecule has 1 heterocycles. The fourth-order valence-electron chi connectivity index (χ4n) is 1.41. The summed E-state index contributed by atoms with van der Waals surface area (Å²) in [5.74, 6) is -3.54. The maximum absolute atomic E-state index is 13.0. The third-order valence-corrected chi connectivity index (χ3v) is 2.38. The van der Waals surface area contributed by atoms with Gasteiger partial charge in [-0.05, 0) is 55.8 Å². The molecule has 1 aliphatic heterocycles. The first-order valence-electron chi connectivity index (χ1n) is 9.80. The van der Waals surface area contributed by atoms with Crippen LogP contribution >= 0.6 is 0 Å². The first-order valence-corrected chi connectivity index (χ1v) is 5.30. The molecule has 2 rings (SSSR count). The van der Waals surface area contributed by atoms with Crippen molar-refractivity contribution in [3.05, 3.63) is 35.6 Å². The molecule has 1 saturated heterocycles. The molecule has 1 aromatic rings. The van der Waals surface area contributed by atoms with Crippen molar-refractivity contribution in [2.45, 2.75) is 19.2 Å². The van der Waals surface area contributed by atoms with Crippen LogP contribution in [-0.4, -0.2) is 36.2 Å². The molecule has 0 unspecified atom stereocenters. The molecule has 0 radical (unpaired) electrons. The van der Waals surface area contributed by atoms with E-state index in [1.54, 1.807) is 0 Å². The Morgan fingerprint density at radius 2 is 2.00 bits per heavy atom. The lowest BCUT2D eigenvalue weighted by Crippen LogP contribution is -2.36. The molecule has 0 spiro atoms. The second-order valence-corrected chi connectivity index (χ2v) is 3.64. The number of rotatable bonds is 4. The lowest BCUT2D eigenvalue weighted by molar-refractivity contribution is 0.132. The van der Waals surface area contributed by atoms with Crippen molar-refractivity contribution in [1.29, 1.82) is 0 Å². The van der Waals surface area contributed by atoms with Crippen LogP contribution in [-0.2, 0) is 6.42 Å². The summed E-state index contributed by atoms with van der Waals surface area (Å²) in [4.78, 5) is 0.409. The summed E-state index contributed by atoms with van der Waals surface area (Å²) in [5.41, 5.74) is 0.531. The number of nitrogens with zero attached hydrogens (tertiary/aromatic N) is 1. The average molecular weight is 246 g/mol. The summed E-state index contributed by atoms with van der Waals surface area (Å²) < 4.78 is 85.4. The molecular weight excluding hydrogens is 217 g/mol. The zero-order valence-electron chi connectivity index (χ0n) is 18.2. The normalized spacial score (nSPS) is 40.0. The topological polar surface area (TPSA) is 23.5 Å². The molecule has 2 nitrogen and oxygen atoms in total. The van der Waals surface area contributed by atoms with E-state index < -0.39 is 50.6 Å². The van der Waals surface area contributed by atoms with E-state index in [0.717, 1.165) is 0 Å². The Hall–Kier alpha value is -0.930. The van der Waals surface area contributed by atoms with Gasteiger partial charge in [-0.3, -0.25) is 0 Å². The lowest BCUT2D eigenvalue weighted by atomic mass is 9.97. The monoisotopic (exact) mass is 246 g/mol. The standard InChI is InChI=1S/C14H20FNO/c15-14-3-1-12(2-4-14)5-8-16-9-6-13(11-17)7-10-16/h1-4,13,17H,5-11H2/i6D2,7D2,9D2,10D2,13D. The molecule has 3 heteroatoms. The quantitative estimate of drug-likeness (QED) is 0.879. The molecule has 1 aliphatic rings. The molecular formula is C14H20FNO. The Morgan fingerprint density at radius 3 is 2.59 bits per heavy atom. The van der Waals surface area contributed by atoms with E-state index in [0.29, 0.717) is 10.5 Å². The summed E-state index contributed by atoms with van der Waals surface area (Å²) in [6, 6.07) is 5.17. The molecule has 1 N–H and O–H groups in total. The van der Waals surface area contributed by atoms with Gasteiger partial charge in [0, 0.05) is 25.5 Å². The van der Waals surface area contributed by atoms with E-state index in [4.69, 9.17) is 12.3 Å². The molecule has 1 aromatic carbocycles. The van der Waals surface area contributed by atoms with Crippen molar-refractivity contribution in [2.75, 3.05) is 26.1 Å². The molecule has 0 atom stereocenters. The second-order valence-electron chi connectivity index (χ2n) is 3.64. The molecule has 0 aromatic heterocycles. The van der Waals surface area contributed by atoms with Crippen LogP contribution in [0.4, 0.5) is 4.39 Å². The zero-order valence-corrected chi connectivity index (χ0v) is 9.20. The van der Waals surface area contributed by atoms with Crippen LogP contribution in [0.3, 0.4) is 0 Å². The predicted molar refractivity (Wildman–Crippen MR) is 66.4 cm³/mol. The van der Waals surface area contributed by atoms with Crippen LogP contribution < -0.4 is 0 Å². The van der Waals surface area contributed by atoms with Crippen LogP contribution in [0.5, 0.6) is 0 Å². The maximum Gasteiger partial charge on any atom is 0.123 e. The van der Waals surface area contributed by atoms with Gasteiger partial charge in [0.25, 0.3) is 0 Å². The third-order valence-electron chi connectivity index (χ3n) is 2.38. The Balaban J connectivity index is 2.46. The Labute approximate surface area is 115 Å². The van der Waals surface area contributed by atoms with Gasteiger partial charge in [-0.15, -0.1) is 0 Å². The molecule has 94 valence electrons. The van der Waals surface area contributed by atoms with Crippen molar-refractivity contribution in [3.8, 4) is 0 Å². The summed E-state index contributed by atoms with van der Waals surface area (Å²) in [6.07, 6.45) is -6.42. The first-order chi connectivity index (χ1) is 11.7. The number of aliphatic hydroxyl groups is 1. The van der Waals surface area contributed by atoms with Gasteiger partial charge in [0.15, 0.2) is 0 Å². The van der Waals surface area contributed by atoms with E-state index in [9.17, 15) is 9.50 Å². The minimum absolute atomic E-state index is 0.00951. The first kappa shape index (κ1) is 5.37. The van der Waals surface area contributed by atoms with Crippen LogP contribution in [0.25, 0.3) is 0 Å². The van der Waals surface area contributed by atoms with Gasteiger partial charge in [-0.25, -0.2) is 4.39 Å². The highest BCUT2D eigenvalue weighted by Crippen LogP contribution is 2.16. The van der Waals surface area contributed by atoms with E-state index in [1.807, 2.05) is 0 Å². The Kier molecular flexibility index (Phi) is 1.93. The summed E-state index contributed by atoms with van der Waals surface area (Å²) >= 11 is 0. The Bertz CT molecular complexity index is 637. The fraction of sp³-hybridized carbons (Fsp3) is 0.571. The number of hydrogen-bond donors (Lipinski definition) is 1. The van der Waals surface area contributed by atoms with Gasteiger partial charge in [0.2, 0.25) is 0 Å². The minimum atomic E-state index is -3.22. The number of hydrogen-bond acceptors (Lipinski definition) is 2. The van der Waals surface area contributed by atoms with Crippen LogP contribution in [0.15, 0.2) is 24.3 Å². The highest BCUT2D eigenvalue weighted by molar-refractivity contribution is 5.16. The fourth-order valence-corrected chi connectivity index (χ4v) is 1.41. The van der Waals surface area contributed by atoms with Gasteiger partial charge in [0.05, 0.1) is 0 Å². The molecule has 0 aliphatic carbocycles. The third kappa shape index (κ3) is 3.79. The van der Waals surface area contributed by atoms with E-state index in [1.165, 1.54) is 24.3 Å². The van der Waals surface area contributed by atoms with Gasteiger partial charge < -0.3 is 10.0 Å². The van der Waals surface area contributed by atoms with Crippen molar-refractivity contribution in [2.24, 2.45) is 5.89 Å². The molecule has 0 amide bonds. The summed E-state index contributed by atoms with van der Waals surface area (Å²) in [7, 11) is 0. The second kappa shape index (κ2) is 6.12. The number of likely N-dealkylation sites (tertiary alicyclic amines) is 1. The van der Waals surface area contributed by atoms with E-state index in [-0.39, 0.29) is 6.42 Å². The molecule has 0 bridgehead atoms. The van der Waals surface area contributed by atoms with Gasteiger partial charge in [-0.2, -0.15) is 0 Å². The summed E-state index contributed by atoms with van der Waals surface area (Å²) in [6.45, 7) is -7.96. The minimum Gasteiger partial charge on any atom is -0.396 e. The maximum atomic E-state index is 13.0. The zero-order chi connectivity index (χ0) is 20.2. The molecule has 0 saturated carbocycles. The van der Waals surface area contributed by atoms with Crippen LogP contribution in [0.2, 0.25) is 0 Å². The van der Waals surface area contributed by atoms with Gasteiger partial charge in [-0.1, -0.05) is 12.1 Å². The number of benzene rings is 1. The van der Waals surface area contributed by atoms with Gasteiger partial charge >= 0.3 is 0 Å². The summed E-state index contributed by atoms with van der Waals surface area (Å²) in [5, 5.41) is 9.45. The van der Waals surface area contributed by atoms with Crippen molar-refractivity contribution in [3.63, 3.8) is 0 Å².